The summed E-state index contributed by atoms with van der Waals surface area (Å²) in [7, 11) is 1.43. The number of methoxy groups -OCH3 is 1. The normalized spacial score (nSPS) is 14.2. The predicted molar refractivity (Wildman–Crippen MR) is 121 cm³/mol. The molecular formula is C27H27NO2. The molecule has 0 radical (unpaired) electrons. The van der Waals surface area contributed by atoms with Crippen LogP contribution in [-0.4, -0.2) is 19.1 Å². The lowest BCUT2D eigenvalue weighted by atomic mass is 9.79. The van der Waals surface area contributed by atoms with Gasteiger partial charge in [-0.1, -0.05) is 66.7 Å². The first-order valence-electron chi connectivity index (χ1n) is 10.4. The Labute approximate surface area is 178 Å². The number of fused-ring (bicyclic) bond motifs is 1. The van der Waals surface area contributed by atoms with Crippen LogP contribution in [0, 0.1) is 0 Å². The molecule has 0 fully saturated rings. The van der Waals surface area contributed by atoms with Crippen LogP contribution >= 0.6 is 0 Å². The molecule has 3 nitrogen and oxygen atoms in total. The van der Waals surface area contributed by atoms with Gasteiger partial charge in [0.1, 0.15) is 0 Å². The smallest absolute Gasteiger partial charge is 0.337 e. The van der Waals surface area contributed by atoms with Crippen molar-refractivity contribution in [2.75, 3.05) is 7.11 Å². The average Bonchev–Trinajstić information content (AvgIpc) is 2.82. The van der Waals surface area contributed by atoms with Gasteiger partial charge in [-0.2, -0.15) is 0 Å². The SMILES string of the molecule is COC(=O)c1ccc2c(c1)CCC(C(C)NCc1ccccc1)=C2c1ccccc1. The van der Waals surface area contributed by atoms with Gasteiger partial charge in [0.2, 0.25) is 0 Å². The Balaban J connectivity index is 1.72. The fourth-order valence-corrected chi connectivity index (χ4v) is 4.23. The zero-order chi connectivity index (χ0) is 20.9. The van der Waals surface area contributed by atoms with Crippen LogP contribution in [0.4, 0.5) is 0 Å². The van der Waals surface area contributed by atoms with Gasteiger partial charge in [-0.15, -0.1) is 0 Å². The molecule has 1 aliphatic rings. The van der Waals surface area contributed by atoms with E-state index in [1.165, 1.54) is 40.5 Å². The van der Waals surface area contributed by atoms with Gasteiger partial charge in [0, 0.05) is 12.6 Å². The maximum absolute atomic E-state index is 12.0. The highest BCUT2D eigenvalue weighted by Gasteiger charge is 2.24. The molecule has 1 unspecified atom stereocenters. The number of benzene rings is 3. The summed E-state index contributed by atoms with van der Waals surface area (Å²) in [5.41, 5.74) is 8.22. The third kappa shape index (κ3) is 4.22. The monoisotopic (exact) mass is 397 g/mol. The molecule has 30 heavy (non-hydrogen) atoms. The van der Waals surface area contributed by atoms with Gasteiger partial charge >= 0.3 is 5.97 Å². The van der Waals surface area contributed by atoms with Gasteiger partial charge in [-0.3, -0.25) is 0 Å². The van der Waals surface area contributed by atoms with Crippen molar-refractivity contribution < 1.29 is 9.53 Å². The zero-order valence-electron chi connectivity index (χ0n) is 17.5. The summed E-state index contributed by atoms with van der Waals surface area (Å²) in [5, 5.41) is 3.71. The van der Waals surface area contributed by atoms with Crippen molar-refractivity contribution >= 4 is 11.5 Å². The van der Waals surface area contributed by atoms with E-state index in [2.05, 4.69) is 66.8 Å². The summed E-state index contributed by atoms with van der Waals surface area (Å²) in [4.78, 5) is 12.0. The summed E-state index contributed by atoms with van der Waals surface area (Å²) in [5.74, 6) is -0.285. The van der Waals surface area contributed by atoms with E-state index >= 15 is 0 Å². The third-order valence-electron chi connectivity index (χ3n) is 5.82. The molecule has 1 aliphatic carbocycles. The average molecular weight is 398 g/mol. The van der Waals surface area contributed by atoms with Gasteiger partial charge in [0.25, 0.3) is 0 Å². The second kappa shape index (κ2) is 9.10. The highest BCUT2D eigenvalue weighted by Crippen LogP contribution is 2.38. The first kappa shape index (κ1) is 20.1. The van der Waals surface area contributed by atoms with Crippen molar-refractivity contribution in [1.29, 1.82) is 0 Å². The standard InChI is InChI=1S/C27H27NO2/c1-19(28-18-20-9-5-3-6-10-20)24-15-13-22-17-23(27(29)30-2)14-16-25(22)26(24)21-11-7-4-8-12-21/h3-12,14,16-17,19,28H,13,15,18H2,1-2H3. The summed E-state index contributed by atoms with van der Waals surface area (Å²) >= 11 is 0. The maximum atomic E-state index is 12.0. The summed E-state index contributed by atoms with van der Waals surface area (Å²) in [6.07, 6.45) is 1.88. The van der Waals surface area contributed by atoms with E-state index in [1.54, 1.807) is 0 Å². The summed E-state index contributed by atoms with van der Waals surface area (Å²) < 4.78 is 4.91. The van der Waals surface area contributed by atoms with Gasteiger partial charge in [0.05, 0.1) is 12.7 Å². The van der Waals surface area contributed by atoms with E-state index in [9.17, 15) is 4.79 Å². The maximum Gasteiger partial charge on any atom is 0.337 e. The molecule has 0 amide bonds. The van der Waals surface area contributed by atoms with E-state index < -0.39 is 0 Å². The van der Waals surface area contributed by atoms with Crippen LogP contribution in [0.15, 0.2) is 84.4 Å². The predicted octanol–water partition coefficient (Wildman–Crippen LogP) is 5.40. The summed E-state index contributed by atoms with van der Waals surface area (Å²) in [6, 6.07) is 27.2. The number of nitrogens with one attached hydrogen (secondary N) is 1. The third-order valence-corrected chi connectivity index (χ3v) is 5.82. The van der Waals surface area contributed by atoms with Crippen LogP contribution in [0.5, 0.6) is 0 Å². The minimum absolute atomic E-state index is 0.244. The molecule has 4 rings (SSSR count). The molecule has 0 heterocycles. The fraction of sp³-hybridized carbons (Fsp3) is 0.222. The molecule has 3 aromatic carbocycles. The minimum atomic E-state index is -0.285. The molecule has 0 aromatic heterocycles. The van der Waals surface area contributed by atoms with Crippen LogP contribution in [-0.2, 0) is 17.7 Å². The van der Waals surface area contributed by atoms with Crippen LogP contribution in [0.3, 0.4) is 0 Å². The van der Waals surface area contributed by atoms with Crippen molar-refractivity contribution in [3.8, 4) is 0 Å². The molecule has 1 N–H and O–H groups in total. The number of hydrogen-bond donors (Lipinski definition) is 1. The van der Waals surface area contributed by atoms with Crippen LogP contribution in [0.25, 0.3) is 5.57 Å². The van der Waals surface area contributed by atoms with Crippen molar-refractivity contribution in [2.45, 2.75) is 32.4 Å². The van der Waals surface area contributed by atoms with Crippen molar-refractivity contribution in [2.24, 2.45) is 0 Å². The first-order chi connectivity index (χ1) is 14.7. The van der Waals surface area contributed by atoms with Crippen LogP contribution in [0.1, 0.15) is 46.0 Å². The quantitative estimate of drug-likeness (QED) is 0.566. The van der Waals surface area contributed by atoms with Crippen LogP contribution < -0.4 is 5.32 Å². The number of hydrogen-bond acceptors (Lipinski definition) is 3. The Morgan fingerprint density at radius 2 is 1.67 bits per heavy atom. The molecule has 1 atom stereocenters. The van der Waals surface area contributed by atoms with E-state index in [1.807, 2.05) is 24.3 Å². The van der Waals surface area contributed by atoms with Gasteiger partial charge in [-0.25, -0.2) is 4.79 Å². The molecule has 0 bridgehead atoms. The lowest BCUT2D eigenvalue weighted by Gasteiger charge is -2.29. The van der Waals surface area contributed by atoms with Crippen molar-refractivity contribution in [3.63, 3.8) is 0 Å². The Bertz CT molecular complexity index is 1050. The molecule has 0 spiro atoms. The molecule has 152 valence electrons. The van der Waals surface area contributed by atoms with E-state index in [4.69, 9.17) is 4.74 Å². The number of ether oxygens (including phenoxy) is 1. The number of carbonyl (C=O) groups excluding carboxylic acids is 1. The Kier molecular flexibility index (Phi) is 6.10. The minimum Gasteiger partial charge on any atom is -0.465 e. The molecule has 3 heteroatoms. The fourth-order valence-electron chi connectivity index (χ4n) is 4.23. The highest BCUT2D eigenvalue weighted by atomic mass is 16.5. The second-order valence-electron chi connectivity index (χ2n) is 7.72. The molecule has 3 aromatic rings. The van der Waals surface area contributed by atoms with E-state index in [0.29, 0.717) is 5.56 Å². The number of rotatable bonds is 6. The van der Waals surface area contributed by atoms with Gasteiger partial charge in [0.15, 0.2) is 0 Å². The molecular weight excluding hydrogens is 370 g/mol. The lowest BCUT2D eigenvalue weighted by Crippen LogP contribution is -2.30. The lowest BCUT2D eigenvalue weighted by molar-refractivity contribution is 0.0600. The largest absolute Gasteiger partial charge is 0.465 e. The molecule has 0 aliphatic heterocycles. The number of carbonyl (C=O) groups is 1. The molecule has 0 saturated heterocycles. The van der Waals surface area contributed by atoms with E-state index in [-0.39, 0.29) is 12.0 Å². The van der Waals surface area contributed by atoms with Crippen LogP contribution in [0.2, 0.25) is 0 Å². The highest BCUT2D eigenvalue weighted by molar-refractivity contribution is 5.92. The Hall–Kier alpha value is -3.17. The Morgan fingerprint density at radius 1 is 0.967 bits per heavy atom. The van der Waals surface area contributed by atoms with Gasteiger partial charge in [-0.05, 0) is 65.3 Å². The van der Waals surface area contributed by atoms with Gasteiger partial charge < -0.3 is 10.1 Å². The summed E-state index contributed by atoms with van der Waals surface area (Å²) in [6.45, 7) is 3.08. The van der Waals surface area contributed by atoms with E-state index in [0.717, 1.165) is 19.4 Å². The molecule has 0 saturated carbocycles. The van der Waals surface area contributed by atoms with Crippen molar-refractivity contribution in [3.05, 3.63) is 112 Å². The number of esters is 1. The first-order valence-corrected chi connectivity index (χ1v) is 10.4. The topological polar surface area (TPSA) is 38.3 Å². The Morgan fingerprint density at radius 3 is 2.37 bits per heavy atom. The number of aryl methyl sites for hydroxylation is 1. The second-order valence-corrected chi connectivity index (χ2v) is 7.72. The zero-order valence-corrected chi connectivity index (χ0v) is 17.5. The van der Waals surface area contributed by atoms with Crippen molar-refractivity contribution in [1.82, 2.24) is 5.32 Å².